The Bertz CT molecular complexity index is 845. The summed E-state index contributed by atoms with van der Waals surface area (Å²) in [6.07, 6.45) is 2.12. The molecule has 0 saturated heterocycles. The number of imide groups is 1. The number of nitrogens with one attached hydrogen (secondary N) is 1. The topological polar surface area (TPSA) is 77.1 Å². The number of hydrogen-bond acceptors (Lipinski definition) is 6. The zero-order chi connectivity index (χ0) is 20.6. The molecule has 0 radical (unpaired) electrons. The van der Waals surface area contributed by atoms with Crippen LogP contribution >= 0.6 is 0 Å². The van der Waals surface area contributed by atoms with Gasteiger partial charge in [-0.25, -0.2) is 10.4 Å². The van der Waals surface area contributed by atoms with Gasteiger partial charge in [0.25, 0.3) is 11.8 Å². The van der Waals surface area contributed by atoms with Crippen molar-refractivity contribution < 1.29 is 23.8 Å². The fourth-order valence-electron chi connectivity index (χ4n) is 3.27. The highest BCUT2D eigenvalue weighted by Crippen LogP contribution is 2.35. The Kier molecular flexibility index (Phi) is 7.57. The van der Waals surface area contributed by atoms with Gasteiger partial charge >= 0.3 is 0 Å². The molecule has 1 heterocycles. The van der Waals surface area contributed by atoms with Gasteiger partial charge in [0.05, 0.1) is 24.3 Å². The molecule has 0 saturated carbocycles. The van der Waals surface area contributed by atoms with Gasteiger partial charge in [-0.2, -0.15) is 0 Å². The number of hydrogen-bond donors (Lipinski definition) is 1. The lowest BCUT2D eigenvalue weighted by molar-refractivity contribution is 0.0489. The molecule has 7 nitrogen and oxygen atoms in total. The van der Waals surface area contributed by atoms with Crippen LogP contribution < -0.4 is 10.2 Å². The third kappa shape index (κ3) is 4.75. The van der Waals surface area contributed by atoms with Crippen LogP contribution in [0.25, 0.3) is 10.8 Å². The van der Waals surface area contributed by atoms with E-state index in [-0.39, 0.29) is 11.8 Å². The zero-order valence-corrected chi connectivity index (χ0v) is 17.0. The molecular formula is C22H28N2O5. The van der Waals surface area contributed by atoms with Crippen LogP contribution in [-0.2, 0) is 9.47 Å². The smallest absolute Gasteiger partial charge is 0.275 e. The van der Waals surface area contributed by atoms with Crippen molar-refractivity contribution in [1.82, 2.24) is 10.4 Å². The number of rotatable bonds is 12. The molecule has 2 aromatic rings. The first-order valence-electron chi connectivity index (χ1n) is 10.1. The molecular weight excluding hydrogens is 372 g/mol. The van der Waals surface area contributed by atoms with E-state index in [1.165, 1.54) is 0 Å². The second-order valence-electron chi connectivity index (χ2n) is 6.70. The predicted molar refractivity (Wildman–Crippen MR) is 110 cm³/mol. The minimum absolute atomic E-state index is 0.371. The number of unbranched alkanes of at least 4 members (excludes halogenated alkanes) is 1. The lowest BCUT2D eigenvalue weighted by atomic mass is 9.94. The standard InChI is InChI=1S/C22H28N2O5/c1-3-5-12-28-14-15-29-19-10-9-18-20-16(19)7-6-8-17(20)21(25)24(22(18)26)23-11-13-27-4-2/h6-10,23H,3-5,11-15H2,1-2H3. The average molecular weight is 400 g/mol. The molecule has 0 unspecified atom stereocenters. The molecule has 2 amide bonds. The fourth-order valence-corrected chi connectivity index (χ4v) is 3.27. The SMILES string of the molecule is CCCCOCCOc1ccc2c3c(cccc13)C(=O)N(NCCOCC)C2=O. The maximum atomic E-state index is 12.9. The van der Waals surface area contributed by atoms with Crippen molar-refractivity contribution in [3.05, 3.63) is 41.5 Å². The summed E-state index contributed by atoms with van der Waals surface area (Å²) in [6.45, 7) is 7.01. The molecule has 3 rings (SSSR count). The Labute approximate surface area is 170 Å². The molecule has 0 atom stereocenters. The maximum absolute atomic E-state index is 12.9. The van der Waals surface area contributed by atoms with Crippen molar-refractivity contribution in [2.75, 3.05) is 39.6 Å². The Morgan fingerprint density at radius 3 is 2.45 bits per heavy atom. The van der Waals surface area contributed by atoms with Crippen molar-refractivity contribution in [1.29, 1.82) is 0 Å². The molecule has 0 fully saturated rings. The van der Waals surface area contributed by atoms with Gasteiger partial charge in [-0.05, 0) is 31.5 Å². The van der Waals surface area contributed by atoms with Crippen molar-refractivity contribution in [2.45, 2.75) is 26.7 Å². The Morgan fingerprint density at radius 1 is 0.897 bits per heavy atom. The van der Waals surface area contributed by atoms with E-state index in [1.54, 1.807) is 24.3 Å². The largest absolute Gasteiger partial charge is 0.491 e. The Balaban J connectivity index is 1.77. The average Bonchev–Trinajstić information content (AvgIpc) is 2.74. The van der Waals surface area contributed by atoms with Crippen molar-refractivity contribution in [3.63, 3.8) is 0 Å². The maximum Gasteiger partial charge on any atom is 0.275 e. The summed E-state index contributed by atoms with van der Waals surface area (Å²) < 4.78 is 16.7. The van der Waals surface area contributed by atoms with Crippen LogP contribution in [0.2, 0.25) is 0 Å². The van der Waals surface area contributed by atoms with Crippen molar-refractivity contribution >= 4 is 22.6 Å². The second kappa shape index (κ2) is 10.3. The minimum atomic E-state index is -0.371. The summed E-state index contributed by atoms with van der Waals surface area (Å²) in [5, 5.41) is 2.46. The molecule has 1 aliphatic rings. The molecule has 0 bridgehead atoms. The Morgan fingerprint density at radius 2 is 1.69 bits per heavy atom. The molecule has 7 heteroatoms. The summed E-state index contributed by atoms with van der Waals surface area (Å²) >= 11 is 0. The van der Waals surface area contributed by atoms with E-state index in [4.69, 9.17) is 14.2 Å². The van der Waals surface area contributed by atoms with E-state index in [0.717, 1.165) is 29.8 Å². The van der Waals surface area contributed by atoms with E-state index < -0.39 is 0 Å². The van der Waals surface area contributed by atoms with E-state index in [1.807, 2.05) is 13.0 Å². The van der Waals surface area contributed by atoms with Crippen LogP contribution in [0.5, 0.6) is 5.75 Å². The number of hydrazine groups is 1. The minimum Gasteiger partial charge on any atom is -0.491 e. The molecule has 0 aliphatic carbocycles. The number of carbonyl (C=O) groups excluding carboxylic acids is 2. The molecule has 0 aromatic heterocycles. The summed E-state index contributed by atoms with van der Waals surface area (Å²) in [7, 11) is 0. The molecule has 1 N–H and O–H groups in total. The van der Waals surface area contributed by atoms with E-state index in [2.05, 4.69) is 12.3 Å². The third-order valence-electron chi connectivity index (χ3n) is 4.72. The van der Waals surface area contributed by atoms with Gasteiger partial charge in [-0.1, -0.05) is 25.5 Å². The van der Waals surface area contributed by atoms with Crippen LogP contribution in [0.15, 0.2) is 30.3 Å². The summed E-state index contributed by atoms with van der Waals surface area (Å²) in [5.41, 5.74) is 3.83. The van der Waals surface area contributed by atoms with Gasteiger partial charge in [0.15, 0.2) is 0 Å². The van der Waals surface area contributed by atoms with Gasteiger partial charge in [0, 0.05) is 30.5 Å². The van der Waals surface area contributed by atoms with Crippen molar-refractivity contribution in [2.24, 2.45) is 0 Å². The van der Waals surface area contributed by atoms with Gasteiger partial charge in [0.1, 0.15) is 12.4 Å². The third-order valence-corrected chi connectivity index (χ3v) is 4.72. The zero-order valence-electron chi connectivity index (χ0n) is 17.0. The van der Waals surface area contributed by atoms with Gasteiger partial charge in [-0.15, -0.1) is 0 Å². The lowest BCUT2D eigenvalue weighted by Gasteiger charge is -2.28. The number of benzene rings is 2. The first-order valence-corrected chi connectivity index (χ1v) is 10.1. The quantitative estimate of drug-likeness (QED) is 0.436. The van der Waals surface area contributed by atoms with Gasteiger partial charge in [-0.3, -0.25) is 9.59 Å². The van der Waals surface area contributed by atoms with Crippen LogP contribution in [0.4, 0.5) is 0 Å². The lowest BCUT2D eigenvalue weighted by Crippen LogP contribution is -2.50. The number of nitrogens with zero attached hydrogens (tertiary/aromatic N) is 1. The van der Waals surface area contributed by atoms with Crippen LogP contribution in [0.3, 0.4) is 0 Å². The summed E-state index contributed by atoms with van der Waals surface area (Å²) in [6, 6.07) is 8.90. The molecule has 156 valence electrons. The first kappa shape index (κ1) is 21.2. The van der Waals surface area contributed by atoms with Crippen LogP contribution in [-0.4, -0.2) is 56.4 Å². The second-order valence-corrected chi connectivity index (χ2v) is 6.70. The van der Waals surface area contributed by atoms with E-state index in [9.17, 15) is 9.59 Å². The van der Waals surface area contributed by atoms with Crippen LogP contribution in [0.1, 0.15) is 47.4 Å². The Hall–Kier alpha value is -2.48. The number of carbonyl (C=O) groups is 2. The van der Waals surface area contributed by atoms with E-state index in [0.29, 0.717) is 55.2 Å². The normalized spacial score (nSPS) is 13.4. The predicted octanol–water partition coefficient (Wildman–Crippen LogP) is 3.17. The number of amides is 2. The molecule has 0 spiro atoms. The van der Waals surface area contributed by atoms with Crippen LogP contribution in [0, 0.1) is 0 Å². The molecule has 1 aliphatic heterocycles. The highest BCUT2D eigenvalue weighted by molar-refractivity contribution is 6.25. The van der Waals surface area contributed by atoms with Gasteiger partial charge in [0.2, 0.25) is 0 Å². The molecule has 2 aromatic carbocycles. The first-order chi connectivity index (χ1) is 14.2. The highest BCUT2D eigenvalue weighted by Gasteiger charge is 2.33. The summed E-state index contributed by atoms with van der Waals surface area (Å²) in [4.78, 5) is 25.8. The number of ether oxygens (including phenoxy) is 3. The summed E-state index contributed by atoms with van der Waals surface area (Å²) in [5.74, 6) is -0.0997. The van der Waals surface area contributed by atoms with Gasteiger partial charge < -0.3 is 14.2 Å². The monoisotopic (exact) mass is 400 g/mol. The van der Waals surface area contributed by atoms with E-state index >= 15 is 0 Å². The van der Waals surface area contributed by atoms with Crippen molar-refractivity contribution in [3.8, 4) is 5.75 Å². The highest BCUT2D eigenvalue weighted by atomic mass is 16.5. The molecule has 29 heavy (non-hydrogen) atoms. The fraction of sp³-hybridized carbons (Fsp3) is 0.455.